The number of fused-ring (bicyclic) bond motifs is 1. The lowest BCUT2D eigenvalue weighted by molar-refractivity contribution is 0.0303. The molecule has 3 aromatic rings. The van der Waals surface area contributed by atoms with Gasteiger partial charge >= 0.3 is 0 Å². The highest BCUT2D eigenvalue weighted by Gasteiger charge is 2.24. The van der Waals surface area contributed by atoms with Gasteiger partial charge in [0.1, 0.15) is 17.5 Å². The number of nitrogen functional groups attached to an aromatic ring is 1. The Morgan fingerprint density at radius 2 is 1.86 bits per heavy atom. The number of nitrogens with one attached hydrogen (secondary N) is 2. The largest absolute Gasteiger partial charge is 0.399 e. The Labute approximate surface area is 207 Å². The number of nitrogens with two attached hydrogens (primary N) is 1. The predicted octanol–water partition coefficient (Wildman–Crippen LogP) is 4.67. The molecule has 8 nitrogen and oxygen atoms in total. The van der Waals surface area contributed by atoms with Gasteiger partial charge in [0.05, 0.1) is 35.9 Å². The summed E-state index contributed by atoms with van der Waals surface area (Å²) in [5, 5.41) is 6.95. The molecule has 192 valence electrons. The van der Waals surface area contributed by atoms with Crippen LogP contribution in [0.15, 0.2) is 24.3 Å². The van der Waals surface area contributed by atoms with Gasteiger partial charge < -0.3 is 26.0 Å². The third-order valence-electron chi connectivity index (χ3n) is 6.05. The maximum Gasteiger partial charge on any atom is 0.266 e. The van der Waals surface area contributed by atoms with Crippen molar-refractivity contribution < 1.29 is 22.7 Å². The van der Waals surface area contributed by atoms with Crippen LogP contribution in [0.3, 0.4) is 0 Å². The Balaban J connectivity index is 1.76. The molecule has 0 bridgehead atoms. The van der Waals surface area contributed by atoms with Gasteiger partial charge in [-0.15, -0.1) is 0 Å². The van der Waals surface area contributed by atoms with E-state index in [-0.39, 0.29) is 17.2 Å². The van der Waals surface area contributed by atoms with Crippen molar-refractivity contribution in [1.82, 2.24) is 14.9 Å². The van der Waals surface area contributed by atoms with Gasteiger partial charge in [0.15, 0.2) is 0 Å². The Bertz CT molecular complexity index is 1280. The number of ether oxygens (including phenoxy) is 1. The van der Waals surface area contributed by atoms with Crippen molar-refractivity contribution in [2.75, 3.05) is 49.2 Å². The SMILES string of the molecule is CCNc1cc2c(N[C@H](C)c3cc(N)cc(C(F)F)c3F)nc(C)nc2cc1C(=O)N1CCOCC1. The fraction of sp³-hybridized carbons (Fsp3) is 0.400. The second-order valence-corrected chi connectivity index (χ2v) is 8.65. The lowest BCUT2D eigenvalue weighted by Crippen LogP contribution is -2.41. The van der Waals surface area contributed by atoms with Gasteiger partial charge in [-0.1, -0.05) is 0 Å². The van der Waals surface area contributed by atoms with Crippen molar-refractivity contribution >= 4 is 34.0 Å². The summed E-state index contributed by atoms with van der Waals surface area (Å²) >= 11 is 0. The lowest BCUT2D eigenvalue weighted by atomic mass is 10.0. The van der Waals surface area contributed by atoms with E-state index in [9.17, 15) is 18.0 Å². The second kappa shape index (κ2) is 10.6. The molecule has 2 aromatic carbocycles. The van der Waals surface area contributed by atoms with Gasteiger partial charge in [0.2, 0.25) is 0 Å². The Morgan fingerprint density at radius 1 is 1.17 bits per heavy atom. The molecule has 2 heterocycles. The minimum Gasteiger partial charge on any atom is -0.399 e. The number of hydrogen-bond donors (Lipinski definition) is 3. The molecule has 1 aliphatic heterocycles. The molecule has 0 unspecified atom stereocenters. The number of aryl methyl sites for hydroxylation is 1. The summed E-state index contributed by atoms with van der Waals surface area (Å²) in [6, 6.07) is 5.03. The monoisotopic (exact) mass is 502 g/mol. The molecule has 1 atom stereocenters. The minimum absolute atomic E-state index is 0.000683. The molecule has 1 amide bonds. The van der Waals surface area contributed by atoms with E-state index in [4.69, 9.17) is 10.5 Å². The maximum atomic E-state index is 14.9. The zero-order chi connectivity index (χ0) is 26.0. The molecular weight excluding hydrogens is 473 g/mol. The molecule has 11 heteroatoms. The van der Waals surface area contributed by atoms with Crippen LogP contribution in [0, 0.1) is 12.7 Å². The summed E-state index contributed by atoms with van der Waals surface area (Å²) in [5.74, 6) is -0.327. The number of rotatable bonds is 7. The average molecular weight is 503 g/mol. The number of morpholine rings is 1. The lowest BCUT2D eigenvalue weighted by Gasteiger charge is -2.28. The zero-order valence-electron chi connectivity index (χ0n) is 20.4. The zero-order valence-corrected chi connectivity index (χ0v) is 20.4. The quantitative estimate of drug-likeness (QED) is 0.403. The van der Waals surface area contributed by atoms with E-state index in [1.54, 1.807) is 30.9 Å². The summed E-state index contributed by atoms with van der Waals surface area (Å²) in [6.07, 6.45) is -2.99. The summed E-state index contributed by atoms with van der Waals surface area (Å²) in [7, 11) is 0. The van der Waals surface area contributed by atoms with Gasteiger partial charge in [0, 0.05) is 42.0 Å². The van der Waals surface area contributed by atoms with Crippen molar-refractivity contribution in [3.8, 4) is 0 Å². The van der Waals surface area contributed by atoms with Crippen LogP contribution in [0.4, 0.5) is 30.4 Å². The third kappa shape index (κ3) is 5.15. The number of carbonyl (C=O) groups is 1. The van der Waals surface area contributed by atoms with Crippen molar-refractivity contribution in [3.63, 3.8) is 0 Å². The van der Waals surface area contributed by atoms with E-state index in [2.05, 4.69) is 20.6 Å². The van der Waals surface area contributed by atoms with Crippen molar-refractivity contribution in [1.29, 1.82) is 0 Å². The summed E-state index contributed by atoms with van der Waals surface area (Å²) in [4.78, 5) is 24.0. The highest BCUT2D eigenvalue weighted by atomic mass is 19.3. The van der Waals surface area contributed by atoms with Crippen LogP contribution in [0.25, 0.3) is 10.9 Å². The predicted molar refractivity (Wildman–Crippen MR) is 133 cm³/mol. The van der Waals surface area contributed by atoms with E-state index in [0.29, 0.717) is 66.6 Å². The molecule has 1 aliphatic rings. The average Bonchev–Trinajstić information content (AvgIpc) is 2.85. The van der Waals surface area contributed by atoms with Crippen molar-refractivity contribution in [3.05, 3.63) is 52.6 Å². The van der Waals surface area contributed by atoms with Gasteiger partial charge in [0.25, 0.3) is 12.3 Å². The molecule has 4 N–H and O–H groups in total. The summed E-state index contributed by atoms with van der Waals surface area (Å²) in [5.41, 5.74) is 6.68. The molecule has 36 heavy (non-hydrogen) atoms. The first-order valence-corrected chi connectivity index (χ1v) is 11.8. The van der Waals surface area contributed by atoms with Gasteiger partial charge in [-0.3, -0.25) is 4.79 Å². The number of benzene rings is 2. The molecule has 0 spiro atoms. The second-order valence-electron chi connectivity index (χ2n) is 8.65. The van der Waals surface area contributed by atoms with E-state index in [1.165, 1.54) is 6.07 Å². The normalized spacial score (nSPS) is 14.8. The number of carbonyl (C=O) groups excluding carboxylic acids is 1. The maximum absolute atomic E-state index is 14.9. The highest BCUT2D eigenvalue weighted by molar-refractivity contribution is 6.05. The van der Waals surface area contributed by atoms with Crippen LogP contribution < -0.4 is 16.4 Å². The van der Waals surface area contributed by atoms with Crippen LogP contribution in [0.5, 0.6) is 0 Å². The number of aromatic nitrogens is 2. The van der Waals surface area contributed by atoms with E-state index >= 15 is 0 Å². The van der Waals surface area contributed by atoms with Crippen LogP contribution in [0.1, 0.15) is 53.6 Å². The highest BCUT2D eigenvalue weighted by Crippen LogP contribution is 2.34. The third-order valence-corrected chi connectivity index (χ3v) is 6.05. The van der Waals surface area contributed by atoms with Gasteiger partial charge in [-0.2, -0.15) is 0 Å². The number of anilines is 3. The van der Waals surface area contributed by atoms with E-state index < -0.39 is 23.8 Å². The van der Waals surface area contributed by atoms with Crippen LogP contribution in [-0.2, 0) is 4.74 Å². The first kappa shape index (κ1) is 25.5. The van der Waals surface area contributed by atoms with E-state index in [0.717, 1.165) is 6.07 Å². The van der Waals surface area contributed by atoms with Crippen molar-refractivity contribution in [2.24, 2.45) is 0 Å². The van der Waals surface area contributed by atoms with Crippen LogP contribution in [0.2, 0.25) is 0 Å². The molecular formula is C25H29F3N6O2. The Morgan fingerprint density at radius 3 is 2.53 bits per heavy atom. The molecule has 0 saturated carbocycles. The summed E-state index contributed by atoms with van der Waals surface area (Å²) < 4.78 is 46.8. The molecule has 1 fully saturated rings. The fourth-order valence-electron chi connectivity index (χ4n) is 4.30. The minimum atomic E-state index is -2.99. The topological polar surface area (TPSA) is 105 Å². The fourth-order valence-corrected chi connectivity index (χ4v) is 4.30. The number of hydrogen-bond acceptors (Lipinski definition) is 7. The molecule has 0 aliphatic carbocycles. The number of amides is 1. The molecule has 1 saturated heterocycles. The van der Waals surface area contributed by atoms with Crippen molar-refractivity contribution in [2.45, 2.75) is 33.2 Å². The molecule has 0 radical (unpaired) electrons. The summed E-state index contributed by atoms with van der Waals surface area (Å²) in [6.45, 7) is 7.80. The smallest absolute Gasteiger partial charge is 0.266 e. The first-order chi connectivity index (χ1) is 17.2. The molecule has 1 aromatic heterocycles. The number of alkyl halides is 2. The number of halogens is 3. The molecule has 4 rings (SSSR count). The Hall–Kier alpha value is -3.60. The number of nitrogens with zero attached hydrogens (tertiary/aromatic N) is 3. The van der Waals surface area contributed by atoms with Crippen LogP contribution >= 0.6 is 0 Å². The first-order valence-electron chi connectivity index (χ1n) is 11.8. The van der Waals surface area contributed by atoms with Gasteiger partial charge in [-0.05, 0) is 45.0 Å². The van der Waals surface area contributed by atoms with Crippen LogP contribution in [-0.4, -0.2) is 53.6 Å². The van der Waals surface area contributed by atoms with E-state index in [1.807, 2.05) is 6.92 Å². The Kier molecular flexibility index (Phi) is 7.48. The standard InChI is InChI=1S/C25H29F3N6O2/c1-4-30-20-11-17-21(12-18(20)25(35)34-5-7-36-8-6-34)32-14(3)33-24(17)31-13(2)16-9-15(29)10-19(22(16)26)23(27)28/h9-13,23,30H,4-8,29H2,1-3H3,(H,31,32,33)/t13-/m1/s1. The van der Waals surface area contributed by atoms with Gasteiger partial charge in [-0.25, -0.2) is 23.1 Å².